The summed E-state index contributed by atoms with van der Waals surface area (Å²) in [7, 11) is 0. The van der Waals surface area contributed by atoms with E-state index < -0.39 is 12.1 Å². The first-order valence-corrected chi connectivity index (χ1v) is 17.5. The average molecular weight is 609 g/mol. The quantitative estimate of drug-likeness (QED) is 0.355. The summed E-state index contributed by atoms with van der Waals surface area (Å²) in [6, 6.07) is 18.5. The number of rotatable bonds is 10. The number of nitrogens with zero attached hydrogens (tertiary/aromatic N) is 2. The van der Waals surface area contributed by atoms with Gasteiger partial charge in [-0.05, 0) is 87.2 Å². The molecule has 1 unspecified atom stereocenters. The van der Waals surface area contributed by atoms with Crippen molar-refractivity contribution in [2.24, 2.45) is 11.8 Å². The lowest BCUT2D eigenvalue weighted by Gasteiger charge is -2.40. The van der Waals surface area contributed by atoms with Crippen molar-refractivity contribution in [2.75, 3.05) is 24.7 Å². The van der Waals surface area contributed by atoms with Crippen molar-refractivity contribution < 1.29 is 14.4 Å². The monoisotopic (exact) mass is 608 g/mol. The van der Waals surface area contributed by atoms with Gasteiger partial charge in [-0.1, -0.05) is 67.8 Å². The third-order valence-electron chi connectivity index (χ3n) is 8.97. The smallest absolute Gasteiger partial charge is 0.255 e. The van der Waals surface area contributed by atoms with Crippen LogP contribution in [0.5, 0.6) is 0 Å². The molecular formula is C33H44N4O3S2. The van der Waals surface area contributed by atoms with Gasteiger partial charge in [0.2, 0.25) is 5.91 Å². The first-order valence-electron chi connectivity index (χ1n) is 15.5. The molecule has 2 aliphatic heterocycles. The summed E-state index contributed by atoms with van der Waals surface area (Å²) in [6.07, 6.45) is 8.60. The Morgan fingerprint density at radius 2 is 1.55 bits per heavy atom. The Labute approximate surface area is 259 Å². The van der Waals surface area contributed by atoms with Crippen molar-refractivity contribution in [2.45, 2.75) is 75.7 Å². The molecule has 2 saturated heterocycles. The highest BCUT2D eigenvalue weighted by Gasteiger charge is 2.37. The summed E-state index contributed by atoms with van der Waals surface area (Å²) in [5.74, 6) is 1.58. The van der Waals surface area contributed by atoms with Crippen molar-refractivity contribution >= 4 is 41.4 Å². The van der Waals surface area contributed by atoms with Gasteiger partial charge in [-0.15, -0.1) is 11.8 Å². The SMILES string of the molecule is C[C@@H](NC(=O)[C@@H]1CSCN1C(=O)c1ccccc1)C(=O)NSC(C1CCCCC1)C1CCN(Cc2ccccc2)CC1. The summed E-state index contributed by atoms with van der Waals surface area (Å²) in [5.41, 5.74) is 1.93. The van der Waals surface area contributed by atoms with E-state index in [1.165, 1.54) is 37.7 Å². The normalized spacial score (nSPS) is 21.9. The average Bonchev–Trinajstić information content (AvgIpc) is 3.53. The van der Waals surface area contributed by atoms with Gasteiger partial charge in [0.25, 0.3) is 11.8 Å². The highest BCUT2D eigenvalue weighted by atomic mass is 32.2. The van der Waals surface area contributed by atoms with Crippen molar-refractivity contribution in [1.29, 1.82) is 0 Å². The van der Waals surface area contributed by atoms with Crippen molar-refractivity contribution in [3.8, 4) is 0 Å². The van der Waals surface area contributed by atoms with Crippen LogP contribution in [-0.2, 0) is 16.1 Å². The van der Waals surface area contributed by atoms with E-state index in [4.69, 9.17) is 0 Å². The van der Waals surface area contributed by atoms with E-state index in [0.29, 0.717) is 34.3 Å². The molecule has 1 saturated carbocycles. The largest absolute Gasteiger partial charge is 0.343 e. The Hall–Kier alpha value is -2.49. The number of hydrogen-bond donors (Lipinski definition) is 2. The molecule has 2 N–H and O–H groups in total. The lowest BCUT2D eigenvalue weighted by molar-refractivity contribution is -0.129. The third-order valence-corrected chi connectivity index (χ3v) is 11.3. The number of amides is 3. The number of hydrogen-bond acceptors (Lipinski definition) is 6. The lowest BCUT2D eigenvalue weighted by Crippen LogP contribution is -2.52. The summed E-state index contributed by atoms with van der Waals surface area (Å²) in [5, 5.41) is 3.28. The molecule has 1 aliphatic carbocycles. The molecule has 3 amide bonds. The summed E-state index contributed by atoms with van der Waals surface area (Å²) in [6.45, 7) is 4.90. The predicted molar refractivity (Wildman–Crippen MR) is 172 cm³/mol. The molecule has 9 heteroatoms. The fourth-order valence-electron chi connectivity index (χ4n) is 6.52. The van der Waals surface area contributed by atoms with E-state index in [-0.39, 0.29) is 17.7 Å². The number of benzene rings is 2. The fourth-order valence-corrected chi connectivity index (χ4v) is 9.03. The van der Waals surface area contributed by atoms with Gasteiger partial charge in [0, 0.05) is 23.1 Å². The number of likely N-dealkylation sites (tertiary alicyclic amines) is 1. The maximum atomic E-state index is 13.2. The topological polar surface area (TPSA) is 81.8 Å². The second kappa shape index (κ2) is 15.3. The summed E-state index contributed by atoms with van der Waals surface area (Å²) < 4.78 is 3.15. The molecule has 226 valence electrons. The molecule has 2 aromatic carbocycles. The van der Waals surface area contributed by atoms with Gasteiger partial charge in [0.1, 0.15) is 12.1 Å². The van der Waals surface area contributed by atoms with Crippen LogP contribution in [0.3, 0.4) is 0 Å². The molecule has 42 heavy (non-hydrogen) atoms. The molecule has 7 nitrogen and oxygen atoms in total. The van der Waals surface area contributed by atoms with Gasteiger partial charge in [0.05, 0.1) is 5.88 Å². The van der Waals surface area contributed by atoms with Gasteiger partial charge in [-0.2, -0.15) is 0 Å². The van der Waals surface area contributed by atoms with Crippen molar-refractivity contribution in [1.82, 2.24) is 19.8 Å². The molecule has 2 aromatic rings. The first kappa shape index (κ1) is 31.0. The standard InChI is InChI=1S/C33H44N4O3S2/c1-24(34-32(39)29-22-41-23-37(29)33(40)28-15-9-4-10-16-28)31(38)35-42-30(26-13-7-3-8-14-26)27-17-19-36(20-18-27)21-25-11-5-2-6-12-25/h2,4-6,9-12,15-16,24,26-27,29-30H,3,7-8,13-14,17-23H2,1H3,(H,34,39)(H,35,38)/t24-,29+,30?/m1/s1. The van der Waals surface area contributed by atoms with Crippen LogP contribution in [0.4, 0.5) is 0 Å². The van der Waals surface area contributed by atoms with Gasteiger partial charge in [-0.3, -0.25) is 24.0 Å². The molecule has 2 heterocycles. The number of carbonyl (C=O) groups excluding carboxylic acids is 3. The van der Waals surface area contributed by atoms with Crippen LogP contribution in [0.2, 0.25) is 0 Å². The summed E-state index contributed by atoms with van der Waals surface area (Å²) in [4.78, 5) is 43.6. The van der Waals surface area contributed by atoms with Gasteiger partial charge < -0.3 is 10.2 Å². The van der Waals surface area contributed by atoms with E-state index in [0.717, 1.165) is 32.5 Å². The van der Waals surface area contributed by atoms with E-state index in [1.807, 2.05) is 18.2 Å². The third kappa shape index (κ3) is 8.11. The Bertz CT molecular complexity index is 1170. The van der Waals surface area contributed by atoms with Crippen molar-refractivity contribution in [3.05, 3.63) is 71.8 Å². The number of thioether (sulfide) groups is 1. The molecule has 0 spiro atoms. The molecule has 3 aliphatic rings. The van der Waals surface area contributed by atoms with Gasteiger partial charge in [0.15, 0.2) is 0 Å². The van der Waals surface area contributed by atoms with E-state index >= 15 is 0 Å². The van der Waals surface area contributed by atoms with Crippen molar-refractivity contribution in [3.63, 3.8) is 0 Å². The minimum absolute atomic E-state index is 0.154. The van der Waals surface area contributed by atoms with E-state index in [1.54, 1.807) is 47.7 Å². The second-order valence-electron chi connectivity index (χ2n) is 11.9. The number of carbonyl (C=O) groups is 3. The minimum Gasteiger partial charge on any atom is -0.343 e. The number of piperidine rings is 1. The zero-order chi connectivity index (χ0) is 29.3. The van der Waals surface area contributed by atoms with Crippen LogP contribution in [0.15, 0.2) is 60.7 Å². The van der Waals surface area contributed by atoms with Crippen LogP contribution in [0, 0.1) is 11.8 Å². The van der Waals surface area contributed by atoms with Crippen LogP contribution in [0.1, 0.15) is 67.8 Å². The molecular weight excluding hydrogens is 565 g/mol. The van der Waals surface area contributed by atoms with E-state index in [9.17, 15) is 14.4 Å². The zero-order valence-electron chi connectivity index (χ0n) is 24.6. The Balaban J connectivity index is 1.13. The molecule has 3 atom stereocenters. The first-order chi connectivity index (χ1) is 20.5. The van der Waals surface area contributed by atoms with Gasteiger partial charge in [-0.25, -0.2) is 0 Å². The molecule has 0 bridgehead atoms. The second-order valence-corrected chi connectivity index (χ2v) is 13.9. The maximum Gasteiger partial charge on any atom is 0.255 e. The zero-order valence-corrected chi connectivity index (χ0v) is 26.2. The Morgan fingerprint density at radius 3 is 2.24 bits per heavy atom. The van der Waals surface area contributed by atoms with E-state index in [2.05, 4.69) is 45.3 Å². The minimum atomic E-state index is -0.677. The highest BCUT2D eigenvalue weighted by molar-refractivity contribution is 7.99. The van der Waals surface area contributed by atoms with Crippen LogP contribution < -0.4 is 10.0 Å². The Morgan fingerprint density at radius 1 is 0.905 bits per heavy atom. The lowest BCUT2D eigenvalue weighted by atomic mass is 9.79. The maximum absolute atomic E-state index is 13.2. The molecule has 0 aromatic heterocycles. The molecule has 5 rings (SSSR count). The predicted octanol–water partition coefficient (Wildman–Crippen LogP) is 5.33. The molecule has 0 radical (unpaired) electrons. The number of nitrogens with one attached hydrogen (secondary N) is 2. The van der Waals surface area contributed by atoms with Gasteiger partial charge >= 0.3 is 0 Å². The fraction of sp³-hybridized carbons (Fsp3) is 0.545. The molecule has 3 fully saturated rings. The highest BCUT2D eigenvalue weighted by Crippen LogP contribution is 2.39. The summed E-state index contributed by atoms with van der Waals surface area (Å²) >= 11 is 3.16. The van der Waals surface area contributed by atoms with Crippen LogP contribution in [-0.4, -0.2) is 69.6 Å². The van der Waals surface area contributed by atoms with Crippen LogP contribution >= 0.6 is 23.7 Å². The van der Waals surface area contributed by atoms with Crippen LogP contribution in [0.25, 0.3) is 0 Å². The Kier molecular flexibility index (Phi) is 11.3.